The summed E-state index contributed by atoms with van der Waals surface area (Å²) in [5.74, 6) is 1.00. The van der Waals surface area contributed by atoms with E-state index in [0.717, 1.165) is 48.2 Å². The van der Waals surface area contributed by atoms with Crippen molar-refractivity contribution in [3.8, 4) is 5.75 Å². The van der Waals surface area contributed by atoms with Crippen LogP contribution in [-0.4, -0.2) is 34.7 Å². The van der Waals surface area contributed by atoms with Crippen LogP contribution in [0.15, 0.2) is 48.5 Å². The van der Waals surface area contributed by atoms with Crippen molar-refractivity contribution in [2.24, 2.45) is 0 Å². The molecule has 0 aliphatic carbocycles. The summed E-state index contributed by atoms with van der Waals surface area (Å²) in [6, 6.07) is 16.2. The molecule has 0 spiro atoms. The van der Waals surface area contributed by atoms with E-state index in [1.54, 1.807) is 7.11 Å². The van der Waals surface area contributed by atoms with Gasteiger partial charge in [0.05, 0.1) is 30.8 Å². The number of aromatic nitrogens is 2. The fraction of sp³-hybridized carbons (Fsp3) is 0.364. The highest BCUT2D eigenvalue weighted by atomic mass is 16.5. The number of nitrogens with one attached hydrogen (secondary N) is 1. The molecule has 140 valence electrons. The maximum Gasteiger partial charge on any atom is 0.229 e. The number of carbonyl (C=O) groups is 1. The van der Waals surface area contributed by atoms with E-state index in [9.17, 15) is 4.79 Å². The molecule has 5 nitrogen and oxygen atoms in total. The number of carbonyl (C=O) groups excluding carboxylic acids is 1. The lowest BCUT2D eigenvalue weighted by Crippen LogP contribution is -2.36. The van der Waals surface area contributed by atoms with Crippen LogP contribution in [0.1, 0.15) is 43.0 Å². The zero-order chi connectivity index (χ0) is 18.6. The third kappa shape index (κ3) is 3.68. The second-order valence-corrected chi connectivity index (χ2v) is 7.12. The molecular formula is C22H25N3O2. The van der Waals surface area contributed by atoms with Crippen molar-refractivity contribution in [1.29, 1.82) is 0 Å². The van der Waals surface area contributed by atoms with E-state index in [1.807, 2.05) is 36.4 Å². The SMILES string of the molecule is COc1ccc(C2CCCCCN2C(=O)Cc2[nH]nc3ccccc23)cc1. The average Bonchev–Trinajstić information content (AvgIpc) is 2.95. The van der Waals surface area contributed by atoms with Crippen LogP contribution in [0.2, 0.25) is 0 Å². The predicted octanol–water partition coefficient (Wildman–Crippen LogP) is 4.26. The normalized spacial score (nSPS) is 17.7. The fourth-order valence-electron chi connectivity index (χ4n) is 3.98. The van der Waals surface area contributed by atoms with E-state index in [-0.39, 0.29) is 11.9 Å². The average molecular weight is 363 g/mol. The lowest BCUT2D eigenvalue weighted by atomic mass is 10.00. The van der Waals surface area contributed by atoms with Crippen molar-refractivity contribution in [1.82, 2.24) is 15.1 Å². The summed E-state index contributed by atoms with van der Waals surface area (Å²) in [6.45, 7) is 0.807. The van der Waals surface area contributed by atoms with E-state index in [0.29, 0.717) is 6.42 Å². The number of benzene rings is 2. The molecule has 1 aliphatic heterocycles. The van der Waals surface area contributed by atoms with Gasteiger partial charge in [-0.2, -0.15) is 5.10 Å². The highest BCUT2D eigenvalue weighted by Gasteiger charge is 2.27. The number of likely N-dealkylation sites (tertiary alicyclic amines) is 1. The molecule has 1 N–H and O–H groups in total. The van der Waals surface area contributed by atoms with Crippen LogP contribution in [0, 0.1) is 0 Å². The van der Waals surface area contributed by atoms with Crippen LogP contribution in [0.4, 0.5) is 0 Å². The molecule has 1 fully saturated rings. The molecule has 1 aliphatic rings. The second-order valence-electron chi connectivity index (χ2n) is 7.12. The number of aromatic amines is 1. The fourth-order valence-corrected chi connectivity index (χ4v) is 3.98. The molecule has 3 aromatic rings. The quantitative estimate of drug-likeness (QED) is 0.753. The summed E-state index contributed by atoms with van der Waals surface area (Å²) in [5.41, 5.74) is 2.98. The summed E-state index contributed by atoms with van der Waals surface area (Å²) in [5, 5.41) is 8.41. The lowest BCUT2D eigenvalue weighted by Gasteiger charge is -2.30. The largest absolute Gasteiger partial charge is 0.497 e. The first-order valence-electron chi connectivity index (χ1n) is 9.61. The van der Waals surface area contributed by atoms with Gasteiger partial charge in [0.1, 0.15) is 5.75 Å². The van der Waals surface area contributed by atoms with E-state index in [4.69, 9.17) is 4.74 Å². The highest BCUT2D eigenvalue weighted by molar-refractivity contribution is 5.87. The van der Waals surface area contributed by atoms with Gasteiger partial charge >= 0.3 is 0 Å². The Morgan fingerprint density at radius 3 is 2.78 bits per heavy atom. The lowest BCUT2D eigenvalue weighted by molar-refractivity contribution is -0.133. The van der Waals surface area contributed by atoms with Crippen LogP contribution < -0.4 is 4.74 Å². The summed E-state index contributed by atoms with van der Waals surface area (Å²) < 4.78 is 5.27. The number of rotatable bonds is 4. The van der Waals surface area contributed by atoms with Gasteiger partial charge in [0.2, 0.25) is 5.91 Å². The van der Waals surface area contributed by atoms with Crippen molar-refractivity contribution in [3.05, 3.63) is 59.8 Å². The van der Waals surface area contributed by atoms with Crippen molar-refractivity contribution in [2.75, 3.05) is 13.7 Å². The molecule has 1 amide bonds. The Labute approximate surface area is 159 Å². The molecule has 2 aromatic carbocycles. The highest BCUT2D eigenvalue weighted by Crippen LogP contribution is 2.32. The van der Waals surface area contributed by atoms with Crippen LogP contribution >= 0.6 is 0 Å². The number of ether oxygens (including phenoxy) is 1. The summed E-state index contributed by atoms with van der Waals surface area (Å²) in [7, 11) is 1.67. The Bertz CT molecular complexity index is 917. The number of methoxy groups -OCH3 is 1. The number of para-hydroxylation sites is 1. The minimum Gasteiger partial charge on any atom is -0.497 e. The maximum absolute atomic E-state index is 13.2. The first-order valence-corrected chi connectivity index (χ1v) is 9.61. The van der Waals surface area contributed by atoms with E-state index >= 15 is 0 Å². The van der Waals surface area contributed by atoms with Gasteiger partial charge in [0, 0.05) is 11.9 Å². The van der Waals surface area contributed by atoms with E-state index < -0.39 is 0 Å². The molecule has 1 unspecified atom stereocenters. The standard InChI is InChI=1S/C22H25N3O2/c1-27-17-12-10-16(11-13-17)21-9-3-2-6-14-25(21)22(26)15-20-18-7-4-5-8-19(18)23-24-20/h4-5,7-8,10-13,21H,2-3,6,9,14-15H2,1H3,(H,23,24). The maximum atomic E-state index is 13.2. The molecule has 0 saturated carbocycles. The molecular weight excluding hydrogens is 338 g/mol. The Morgan fingerprint density at radius 2 is 1.96 bits per heavy atom. The first kappa shape index (κ1) is 17.6. The number of hydrogen-bond donors (Lipinski definition) is 1. The Hall–Kier alpha value is -2.82. The predicted molar refractivity (Wildman–Crippen MR) is 106 cm³/mol. The Morgan fingerprint density at radius 1 is 1.15 bits per heavy atom. The van der Waals surface area contributed by atoms with Crippen LogP contribution in [0.3, 0.4) is 0 Å². The van der Waals surface area contributed by atoms with Crippen LogP contribution in [-0.2, 0) is 11.2 Å². The van der Waals surface area contributed by atoms with E-state index in [1.165, 1.54) is 12.0 Å². The van der Waals surface area contributed by atoms with Gasteiger partial charge in [-0.25, -0.2) is 0 Å². The van der Waals surface area contributed by atoms with Gasteiger partial charge in [0.15, 0.2) is 0 Å². The molecule has 4 rings (SSSR count). The second kappa shape index (κ2) is 7.82. The van der Waals surface area contributed by atoms with Gasteiger partial charge in [0.25, 0.3) is 0 Å². The molecule has 0 radical (unpaired) electrons. The van der Waals surface area contributed by atoms with Gasteiger partial charge in [-0.15, -0.1) is 0 Å². The zero-order valence-corrected chi connectivity index (χ0v) is 15.6. The molecule has 1 atom stereocenters. The topological polar surface area (TPSA) is 58.2 Å². The summed E-state index contributed by atoms with van der Waals surface area (Å²) in [4.78, 5) is 15.3. The summed E-state index contributed by atoms with van der Waals surface area (Å²) >= 11 is 0. The third-order valence-corrected chi connectivity index (χ3v) is 5.44. The monoisotopic (exact) mass is 363 g/mol. The minimum atomic E-state index is 0.125. The van der Waals surface area contributed by atoms with Gasteiger partial charge in [-0.05, 0) is 36.6 Å². The van der Waals surface area contributed by atoms with Crippen molar-refractivity contribution in [2.45, 2.75) is 38.1 Å². The van der Waals surface area contributed by atoms with E-state index in [2.05, 4.69) is 27.2 Å². The van der Waals surface area contributed by atoms with Gasteiger partial charge in [-0.3, -0.25) is 9.89 Å². The minimum absolute atomic E-state index is 0.125. The number of fused-ring (bicyclic) bond motifs is 1. The molecule has 0 bridgehead atoms. The van der Waals surface area contributed by atoms with Crippen LogP contribution in [0.25, 0.3) is 10.9 Å². The van der Waals surface area contributed by atoms with Gasteiger partial charge < -0.3 is 9.64 Å². The number of nitrogens with zero attached hydrogens (tertiary/aromatic N) is 2. The zero-order valence-electron chi connectivity index (χ0n) is 15.6. The third-order valence-electron chi connectivity index (χ3n) is 5.44. The van der Waals surface area contributed by atoms with Crippen molar-refractivity contribution >= 4 is 16.8 Å². The Balaban J connectivity index is 1.58. The number of hydrogen-bond acceptors (Lipinski definition) is 3. The van der Waals surface area contributed by atoms with Crippen molar-refractivity contribution < 1.29 is 9.53 Å². The smallest absolute Gasteiger partial charge is 0.229 e. The number of H-pyrrole nitrogens is 1. The number of amides is 1. The first-order chi connectivity index (χ1) is 13.3. The molecule has 1 saturated heterocycles. The van der Waals surface area contributed by atoms with Crippen molar-refractivity contribution in [3.63, 3.8) is 0 Å². The summed E-state index contributed by atoms with van der Waals surface area (Å²) in [6.07, 6.45) is 4.73. The molecule has 1 aromatic heterocycles. The Kier molecular flexibility index (Phi) is 5.10. The molecule has 27 heavy (non-hydrogen) atoms. The van der Waals surface area contributed by atoms with Crippen LogP contribution in [0.5, 0.6) is 5.75 Å². The molecule has 2 heterocycles. The molecule has 5 heteroatoms. The van der Waals surface area contributed by atoms with Gasteiger partial charge in [-0.1, -0.05) is 43.2 Å².